The van der Waals surface area contributed by atoms with Gasteiger partial charge in [-0.2, -0.15) is 0 Å². The monoisotopic (exact) mass is 281 g/mol. The summed E-state index contributed by atoms with van der Waals surface area (Å²) in [5.41, 5.74) is 12.0. The number of fused-ring (bicyclic) bond motifs is 1. The predicted molar refractivity (Wildman–Crippen MR) is 92.9 cm³/mol. The lowest BCUT2D eigenvalue weighted by atomic mass is 9.86. The zero-order valence-electron chi connectivity index (χ0n) is 14.3. The van der Waals surface area contributed by atoms with Gasteiger partial charge in [0.25, 0.3) is 0 Å². The predicted octanol–water partition coefficient (Wildman–Crippen LogP) is 5.14. The molecule has 1 aromatic carbocycles. The van der Waals surface area contributed by atoms with Gasteiger partial charge in [0, 0.05) is 30.8 Å². The number of nitrogens with zero attached hydrogens (tertiary/aromatic N) is 1. The third-order valence-corrected chi connectivity index (χ3v) is 5.59. The molecule has 1 atom stereocenters. The molecule has 3 rings (SSSR count). The maximum absolute atomic E-state index is 2.46. The molecule has 21 heavy (non-hydrogen) atoms. The molecule has 1 nitrogen and oxygen atoms in total. The van der Waals surface area contributed by atoms with Gasteiger partial charge in [0.2, 0.25) is 0 Å². The molecule has 0 N–H and O–H groups in total. The summed E-state index contributed by atoms with van der Waals surface area (Å²) in [6.07, 6.45) is 2.50. The summed E-state index contributed by atoms with van der Waals surface area (Å²) in [6, 6.07) is 4.79. The first kappa shape index (κ1) is 14.4. The Bertz CT molecular complexity index is 661. The lowest BCUT2D eigenvalue weighted by molar-refractivity contribution is 0.741. The quantitative estimate of drug-likeness (QED) is 0.689. The largest absolute Gasteiger partial charge is 0.374 e. The summed E-state index contributed by atoms with van der Waals surface area (Å²) in [7, 11) is 2.25. The van der Waals surface area contributed by atoms with Crippen LogP contribution in [0.5, 0.6) is 0 Å². The van der Waals surface area contributed by atoms with Crippen LogP contribution in [0.3, 0.4) is 0 Å². The van der Waals surface area contributed by atoms with Crippen molar-refractivity contribution in [2.75, 3.05) is 18.5 Å². The van der Waals surface area contributed by atoms with Crippen LogP contribution in [0, 0.1) is 12.8 Å². The van der Waals surface area contributed by atoms with E-state index in [1.54, 1.807) is 5.57 Å². The smallest absolute Gasteiger partial charge is 0.0473 e. The van der Waals surface area contributed by atoms with Gasteiger partial charge in [0.05, 0.1) is 0 Å². The van der Waals surface area contributed by atoms with Crippen molar-refractivity contribution in [2.45, 2.75) is 47.5 Å². The van der Waals surface area contributed by atoms with Crippen molar-refractivity contribution in [3.05, 3.63) is 45.5 Å². The third kappa shape index (κ3) is 2.14. The molecule has 0 spiro atoms. The zero-order valence-corrected chi connectivity index (χ0v) is 14.3. The lowest BCUT2D eigenvalue weighted by Gasteiger charge is -2.32. The van der Waals surface area contributed by atoms with Crippen molar-refractivity contribution in [2.24, 2.45) is 5.92 Å². The molecule has 0 fully saturated rings. The minimum absolute atomic E-state index is 0.547. The molecule has 0 bridgehead atoms. The molecule has 1 heterocycles. The summed E-state index contributed by atoms with van der Waals surface area (Å²) in [6.45, 7) is 12.6. The van der Waals surface area contributed by atoms with E-state index in [-0.39, 0.29) is 0 Å². The molecular formula is C20H27N. The zero-order chi connectivity index (χ0) is 15.3. The van der Waals surface area contributed by atoms with Crippen molar-refractivity contribution in [1.82, 2.24) is 0 Å². The number of allylic oxidation sites excluding steroid dienone is 4. The Morgan fingerprint density at radius 2 is 1.76 bits per heavy atom. The van der Waals surface area contributed by atoms with Crippen molar-refractivity contribution < 1.29 is 0 Å². The van der Waals surface area contributed by atoms with Gasteiger partial charge in [0.15, 0.2) is 0 Å². The highest BCUT2D eigenvalue weighted by Crippen LogP contribution is 2.46. The standard InChI is InChI=1S/C20H27N/c1-12-10-17-8-7-9-21(6)20(17)18(11-12)19-15(4)13(2)14(3)16(19)5/h10-11,15H,7-9H2,1-6H3. The minimum Gasteiger partial charge on any atom is -0.374 e. The van der Waals surface area contributed by atoms with Gasteiger partial charge in [-0.15, -0.1) is 0 Å². The van der Waals surface area contributed by atoms with Crippen LogP contribution in [0.1, 0.15) is 50.8 Å². The van der Waals surface area contributed by atoms with Crippen LogP contribution in [-0.2, 0) is 6.42 Å². The first-order valence-corrected chi connectivity index (χ1v) is 8.15. The van der Waals surface area contributed by atoms with E-state index >= 15 is 0 Å². The van der Waals surface area contributed by atoms with Crippen LogP contribution < -0.4 is 4.90 Å². The molecule has 1 aliphatic heterocycles. The Balaban J connectivity index is 2.23. The average Bonchev–Trinajstić information content (AvgIpc) is 2.62. The minimum atomic E-state index is 0.547. The van der Waals surface area contributed by atoms with Crippen LogP contribution >= 0.6 is 0 Å². The number of hydrogen-bond donors (Lipinski definition) is 0. The van der Waals surface area contributed by atoms with Gasteiger partial charge in [0.1, 0.15) is 0 Å². The Hall–Kier alpha value is -1.50. The van der Waals surface area contributed by atoms with Crippen LogP contribution in [-0.4, -0.2) is 13.6 Å². The van der Waals surface area contributed by atoms with E-state index in [0.717, 1.165) is 0 Å². The molecule has 0 aromatic heterocycles. The highest BCUT2D eigenvalue weighted by molar-refractivity contribution is 5.87. The first-order chi connectivity index (χ1) is 9.91. The maximum Gasteiger partial charge on any atom is 0.0473 e. The second-order valence-corrected chi connectivity index (χ2v) is 6.91. The summed E-state index contributed by atoms with van der Waals surface area (Å²) in [5.74, 6) is 0.547. The topological polar surface area (TPSA) is 3.24 Å². The van der Waals surface area contributed by atoms with Gasteiger partial charge in [-0.1, -0.05) is 24.1 Å². The molecule has 0 saturated carbocycles. The third-order valence-electron chi connectivity index (χ3n) is 5.59. The van der Waals surface area contributed by atoms with E-state index in [1.807, 2.05) is 0 Å². The fraction of sp³-hybridized carbons (Fsp3) is 0.500. The van der Waals surface area contributed by atoms with Crippen LogP contribution in [0.2, 0.25) is 0 Å². The SMILES string of the molecule is CC1=C(C)C(C)C(c2cc(C)cc3c2N(C)CCC3)=C1C. The maximum atomic E-state index is 2.46. The van der Waals surface area contributed by atoms with Gasteiger partial charge in [-0.05, 0) is 68.9 Å². The summed E-state index contributed by atoms with van der Waals surface area (Å²) in [5, 5.41) is 0. The normalized spacial score (nSPS) is 22.2. The van der Waals surface area contributed by atoms with E-state index < -0.39 is 0 Å². The fourth-order valence-corrected chi connectivity index (χ4v) is 4.12. The molecular weight excluding hydrogens is 254 g/mol. The molecule has 0 amide bonds. The second-order valence-electron chi connectivity index (χ2n) is 6.91. The van der Waals surface area contributed by atoms with Gasteiger partial charge < -0.3 is 4.90 Å². The van der Waals surface area contributed by atoms with Crippen LogP contribution in [0.4, 0.5) is 5.69 Å². The number of anilines is 1. The van der Waals surface area contributed by atoms with Crippen LogP contribution in [0.15, 0.2) is 28.9 Å². The number of aryl methyl sites for hydroxylation is 2. The molecule has 2 aliphatic rings. The number of rotatable bonds is 1. The van der Waals surface area contributed by atoms with Gasteiger partial charge >= 0.3 is 0 Å². The Labute approximate surface area is 129 Å². The summed E-state index contributed by atoms with van der Waals surface area (Å²) in [4.78, 5) is 2.46. The number of hydrogen-bond acceptors (Lipinski definition) is 1. The van der Waals surface area contributed by atoms with Crippen molar-refractivity contribution in [3.8, 4) is 0 Å². The molecule has 0 radical (unpaired) electrons. The van der Waals surface area contributed by atoms with Crippen molar-refractivity contribution in [1.29, 1.82) is 0 Å². The van der Waals surface area contributed by atoms with E-state index in [1.165, 1.54) is 58.5 Å². The Morgan fingerprint density at radius 1 is 1.05 bits per heavy atom. The van der Waals surface area contributed by atoms with Crippen molar-refractivity contribution >= 4 is 11.3 Å². The van der Waals surface area contributed by atoms with Gasteiger partial charge in [-0.25, -0.2) is 0 Å². The molecule has 1 aromatic rings. The molecule has 1 aliphatic carbocycles. The fourth-order valence-electron chi connectivity index (χ4n) is 4.12. The van der Waals surface area contributed by atoms with Gasteiger partial charge in [-0.3, -0.25) is 0 Å². The van der Waals surface area contributed by atoms with E-state index in [0.29, 0.717) is 5.92 Å². The van der Waals surface area contributed by atoms with E-state index in [4.69, 9.17) is 0 Å². The number of benzene rings is 1. The Morgan fingerprint density at radius 3 is 2.38 bits per heavy atom. The summed E-state index contributed by atoms with van der Waals surface area (Å²) >= 11 is 0. The van der Waals surface area contributed by atoms with E-state index in [9.17, 15) is 0 Å². The van der Waals surface area contributed by atoms with Crippen molar-refractivity contribution in [3.63, 3.8) is 0 Å². The second kappa shape index (κ2) is 5.05. The molecule has 0 saturated heterocycles. The van der Waals surface area contributed by atoms with Crippen LogP contribution in [0.25, 0.3) is 5.57 Å². The highest BCUT2D eigenvalue weighted by atomic mass is 15.1. The first-order valence-electron chi connectivity index (χ1n) is 8.15. The highest BCUT2D eigenvalue weighted by Gasteiger charge is 2.29. The molecule has 1 heteroatoms. The summed E-state index contributed by atoms with van der Waals surface area (Å²) < 4.78 is 0. The molecule has 1 unspecified atom stereocenters. The lowest BCUT2D eigenvalue weighted by Crippen LogP contribution is -2.26. The molecule has 112 valence electrons. The average molecular weight is 281 g/mol. The Kier molecular flexibility index (Phi) is 3.47. The van der Waals surface area contributed by atoms with E-state index in [2.05, 4.69) is 58.7 Å².